The fourth-order valence-electron chi connectivity index (χ4n) is 2.36. The summed E-state index contributed by atoms with van der Waals surface area (Å²) in [5.74, 6) is 1.53. The number of carbonyl (C=O) groups is 1. The Balaban J connectivity index is 1.81. The summed E-state index contributed by atoms with van der Waals surface area (Å²) in [7, 11) is 1.77. The molecule has 2 heterocycles. The number of nitrogens with zero attached hydrogens (tertiary/aromatic N) is 1. The summed E-state index contributed by atoms with van der Waals surface area (Å²) in [5, 5.41) is 0. The van der Waals surface area contributed by atoms with Crippen molar-refractivity contribution in [3.8, 4) is 5.75 Å². The molecule has 0 N–H and O–H groups in total. The zero-order valence-corrected chi connectivity index (χ0v) is 12.1. The zero-order chi connectivity index (χ0) is 14.8. The molecule has 1 unspecified atom stereocenters. The van der Waals surface area contributed by atoms with Crippen molar-refractivity contribution in [1.82, 2.24) is 4.90 Å². The summed E-state index contributed by atoms with van der Waals surface area (Å²) < 4.78 is 11.0. The highest BCUT2D eigenvalue weighted by molar-refractivity contribution is 5.99. The van der Waals surface area contributed by atoms with E-state index in [-0.39, 0.29) is 11.9 Å². The van der Waals surface area contributed by atoms with E-state index in [1.807, 2.05) is 49.4 Å². The van der Waals surface area contributed by atoms with Crippen LogP contribution in [0, 0.1) is 0 Å². The highest BCUT2D eigenvalue weighted by Crippen LogP contribution is 2.28. The third-order valence-electron chi connectivity index (χ3n) is 3.76. The molecule has 0 saturated heterocycles. The van der Waals surface area contributed by atoms with Crippen molar-refractivity contribution >= 4 is 12.0 Å². The molecule has 1 aliphatic heterocycles. The van der Waals surface area contributed by atoms with E-state index in [1.165, 1.54) is 0 Å². The number of hydrogen-bond donors (Lipinski definition) is 0. The number of likely N-dealkylation sites (N-methyl/N-ethyl adjacent to an activating group) is 1. The van der Waals surface area contributed by atoms with Crippen molar-refractivity contribution in [3.05, 3.63) is 59.6 Å². The molecule has 0 aliphatic carbocycles. The topological polar surface area (TPSA) is 42.7 Å². The predicted molar refractivity (Wildman–Crippen MR) is 79.8 cm³/mol. The van der Waals surface area contributed by atoms with Gasteiger partial charge < -0.3 is 14.1 Å². The Morgan fingerprint density at radius 2 is 2.05 bits per heavy atom. The van der Waals surface area contributed by atoms with E-state index in [1.54, 1.807) is 18.2 Å². The van der Waals surface area contributed by atoms with E-state index in [0.717, 1.165) is 17.1 Å². The fraction of sp³-hybridized carbons (Fsp3) is 0.235. The molecule has 0 fully saturated rings. The molecule has 0 saturated carbocycles. The minimum atomic E-state index is -0.120. The van der Waals surface area contributed by atoms with Crippen LogP contribution in [0.5, 0.6) is 5.75 Å². The number of benzene rings is 1. The largest absolute Gasteiger partial charge is 0.488 e. The zero-order valence-electron chi connectivity index (χ0n) is 12.1. The molecule has 0 radical (unpaired) electrons. The maximum absolute atomic E-state index is 12.6. The molecule has 1 amide bonds. The molecule has 1 aromatic heterocycles. The quantitative estimate of drug-likeness (QED) is 0.868. The van der Waals surface area contributed by atoms with Gasteiger partial charge in [0.1, 0.15) is 18.1 Å². The Bertz CT molecular complexity index is 673. The van der Waals surface area contributed by atoms with Crippen LogP contribution in [0.3, 0.4) is 0 Å². The van der Waals surface area contributed by atoms with Crippen LogP contribution in [-0.2, 0) is 4.79 Å². The monoisotopic (exact) mass is 283 g/mol. The number of furan rings is 1. The number of carbonyl (C=O) groups excluding carboxylic acids is 1. The molecule has 1 aliphatic rings. The lowest BCUT2D eigenvalue weighted by atomic mass is 10.1. The molecule has 0 spiro atoms. The summed E-state index contributed by atoms with van der Waals surface area (Å²) in [6.45, 7) is 2.24. The third-order valence-corrected chi connectivity index (χ3v) is 3.76. The average molecular weight is 283 g/mol. The van der Waals surface area contributed by atoms with Crippen LogP contribution >= 0.6 is 0 Å². The second-order valence-electron chi connectivity index (χ2n) is 5.10. The van der Waals surface area contributed by atoms with Crippen molar-refractivity contribution in [2.24, 2.45) is 0 Å². The maximum atomic E-state index is 12.6. The third kappa shape index (κ3) is 2.57. The molecular weight excluding hydrogens is 266 g/mol. The van der Waals surface area contributed by atoms with Gasteiger partial charge in [0.25, 0.3) is 5.91 Å². The van der Waals surface area contributed by atoms with Gasteiger partial charge in [-0.2, -0.15) is 0 Å². The second-order valence-corrected chi connectivity index (χ2v) is 5.10. The first-order chi connectivity index (χ1) is 10.2. The maximum Gasteiger partial charge on any atom is 0.253 e. The van der Waals surface area contributed by atoms with Gasteiger partial charge in [0.15, 0.2) is 0 Å². The number of fused-ring (bicyclic) bond motifs is 1. The van der Waals surface area contributed by atoms with E-state index in [2.05, 4.69) is 0 Å². The van der Waals surface area contributed by atoms with Crippen molar-refractivity contribution in [1.29, 1.82) is 0 Å². The minimum Gasteiger partial charge on any atom is -0.488 e. The van der Waals surface area contributed by atoms with Crippen LogP contribution in [0.15, 0.2) is 52.7 Å². The number of amides is 1. The molecule has 4 nitrogen and oxygen atoms in total. The average Bonchev–Trinajstić information content (AvgIpc) is 3.06. The van der Waals surface area contributed by atoms with Gasteiger partial charge in [-0.15, -0.1) is 0 Å². The van der Waals surface area contributed by atoms with Gasteiger partial charge in [0, 0.05) is 12.6 Å². The van der Waals surface area contributed by atoms with Crippen molar-refractivity contribution in [2.75, 3.05) is 13.7 Å². The van der Waals surface area contributed by atoms with Gasteiger partial charge in [-0.3, -0.25) is 4.79 Å². The molecule has 1 atom stereocenters. The molecule has 108 valence electrons. The summed E-state index contributed by atoms with van der Waals surface area (Å²) in [6, 6.07) is 11.3. The van der Waals surface area contributed by atoms with E-state index < -0.39 is 0 Å². The Kier molecular flexibility index (Phi) is 3.52. The lowest BCUT2D eigenvalue weighted by Crippen LogP contribution is -2.33. The molecular formula is C17H17NO3. The normalized spacial score (nSPS) is 14.7. The van der Waals surface area contributed by atoms with E-state index >= 15 is 0 Å². The molecule has 3 rings (SSSR count). The van der Waals surface area contributed by atoms with Crippen molar-refractivity contribution < 1.29 is 13.9 Å². The standard InChI is InChI=1S/C17H17NO3/c1-12(15-8-5-9-20-15)18(2)17(19)14-10-13-6-3-4-7-16(13)21-11-14/h3-10,12H,11H2,1-2H3. The second kappa shape index (κ2) is 5.48. The number of para-hydroxylation sites is 1. The van der Waals surface area contributed by atoms with Crippen LogP contribution in [0.4, 0.5) is 0 Å². The van der Waals surface area contributed by atoms with Gasteiger partial charge >= 0.3 is 0 Å². The number of hydrogen-bond acceptors (Lipinski definition) is 3. The minimum absolute atomic E-state index is 0.0478. The molecule has 21 heavy (non-hydrogen) atoms. The predicted octanol–water partition coefficient (Wildman–Crippen LogP) is 3.28. The highest BCUT2D eigenvalue weighted by atomic mass is 16.5. The summed E-state index contributed by atoms with van der Waals surface area (Å²) in [4.78, 5) is 14.2. The van der Waals surface area contributed by atoms with Crippen LogP contribution in [0.25, 0.3) is 6.08 Å². The summed E-state index contributed by atoms with van der Waals surface area (Å²) >= 11 is 0. The lowest BCUT2D eigenvalue weighted by molar-refractivity contribution is -0.128. The summed E-state index contributed by atoms with van der Waals surface area (Å²) in [6.07, 6.45) is 3.51. The van der Waals surface area contributed by atoms with Crippen molar-refractivity contribution in [3.63, 3.8) is 0 Å². The Morgan fingerprint density at radius 1 is 1.24 bits per heavy atom. The fourth-order valence-corrected chi connectivity index (χ4v) is 2.36. The Hall–Kier alpha value is -2.49. The highest BCUT2D eigenvalue weighted by Gasteiger charge is 2.24. The smallest absolute Gasteiger partial charge is 0.253 e. The number of ether oxygens (including phenoxy) is 1. The van der Waals surface area contributed by atoms with Gasteiger partial charge in [-0.1, -0.05) is 18.2 Å². The first kappa shape index (κ1) is 13.5. The van der Waals surface area contributed by atoms with Crippen LogP contribution in [-0.4, -0.2) is 24.5 Å². The molecule has 0 bridgehead atoms. The van der Waals surface area contributed by atoms with E-state index in [9.17, 15) is 4.79 Å². The SMILES string of the molecule is CC(c1ccco1)N(C)C(=O)C1=Cc2ccccc2OC1. The molecule has 1 aromatic carbocycles. The summed E-state index contributed by atoms with van der Waals surface area (Å²) in [5.41, 5.74) is 1.58. The lowest BCUT2D eigenvalue weighted by Gasteiger charge is -2.26. The first-order valence-electron chi connectivity index (χ1n) is 6.90. The molecule has 4 heteroatoms. The number of rotatable bonds is 3. The van der Waals surface area contributed by atoms with Gasteiger partial charge in [-0.25, -0.2) is 0 Å². The van der Waals surface area contributed by atoms with Crippen LogP contribution in [0.1, 0.15) is 24.3 Å². The van der Waals surface area contributed by atoms with Gasteiger partial charge in [0.2, 0.25) is 0 Å². The van der Waals surface area contributed by atoms with Crippen LogP contribution in [0.2, 0.25) is 0 Å². The molecule has 2 aromatic rings. The Morgan fingerprint density at radius 3 is 2.81 bits per heavy atom. The van der Waals surface area contributed by atoms with Crippen molar-refractivity contribution in [2.45, 2.75) is 13.0 Å². The van der Waals surface area contributed by atoms with E-state index in [0.29, 0.717) is 12.2 Å². The van der Waals surface area contributed by atoms with Gasteiger partial charge in [0.05, 0.1) is 17.9 Å². The van der Waals surface area contributed by atoms with Crippen LogP contribution < -0.4 is 4.74 Å². The van der Waals surface area contributed by atoms with E-state index in [4.69, 9.17) is 9.15 Å². The first-order valence-corrected chi connectivity index (χ1v) is 6.90. The Labute approximate surface area is 123 Å². The van der Waals surface area contributed by atoms with Gasteiger partial charge in [-0.05, 0) is 31.2 Å².